The van der Waals surface area contributed by atoms with Crippen LogP contribution >= 0.6 is 11.6 Å². The van der Waals surface area contributed by atoms with Gasteiger partial charge in [0.15, 0.2) is 0 Å². The van der Waals surface area contributed by atoms with Gasteiger partial charge in [0.25, 0.3) is 0 Å². The predicted molar refractivity (Wildman–Crippen MR) is 94.5 cm³/mol. The number of nitrogens with zero attached hydrogens (tertiary/aromatic N) is 2. The summed E-state index contributed by atoms with van der Waals surface area (Å²) in [4.78, 5) is 17.3. The molecule has 1 aliphatic rings. The molecular formula is C18H16ClN3O3. The highest BCUT2D eigenvalue weighted by Gasteiger charge is 2.35. The van der Waals surface area contributed by atoms with E-state index >= 15 is 0 Å². The SMILES string of the molecule is CCOC(=O)C1=C(C)Nc2nc3ccc(Cl)cc3n2C1c1ccoc1. The molecule has 7 heteroatoms. The molecule has 0 radical (unpaired) electrons. The largest absolute Gasteiger partial charge is 0.472 e. The fourth-order valence-corrected chi connectivity index (χ4v) is 3.37. The van der Waals surface area contributed by atoms with Crippen molar-refractivity contribution in [2.45, 2.75) is 19.9 Å². The second-order valence-electron chi connectivity index (χ2n) is 5.78. The van der Waals surface area contributed by atoms with Crippen molar-refractivity contribution in [1.29, 1.82) is 0 Å². The van der Waals surface area contributed by atoms with E-state index in [0.29, 0.717) is 28.8 Å². The number of hydrogen-bond acceptors (Lipinski definition) is 5. The summed E-state index contributed by atoms with van der Waals surface area (Å²) in [6.45, 7) is 3.93. The third-order valence-electron chi connectivity index (χ3n) is 4.24. The van der Waals surface area contributed by atoms with Gasteiger partial charge in [-0.15, -0.1) is 0 Å². The minimum absolute atomic E-state index is 0.303. The molecule has 25 heavy (non-hydrogen) atoms. The fourth-order valence-electron chi connectivity index (χ4n) is 3.20. The van der Waals surface area contributed by atoms with Crippen molar-refractivity contribution in [3.05, 3.63) is 58.6 Å². The first-order valence-electron chi connectivity index (χ1n) is 7.94. The lowest BCUT2D eigenvalue weighted by Crippen LogP contribution is -2.28. The van der Waals surface area contributed by atoms with Gasteiger partial charge in [0.2, 0.25) is 5.95 Å². The Morgan fingerprint density at radius 3 is 3.00 bits per heavy atom. The van der Waals surface area contributed by atoms with E-state index in [9.17, 15) is 4.79 Å². The zero-order valence-electron chi connectivity index (χ0n) is 13.7. The second kappa shape index (κ2) is 5.97. The highest BCUT2D eigenvalue weighted by molar-refractivity contribution is 6.31. The number of aromatic nitrogens is 2. The summed E-state index contributed by atoms with van der Waals surface area (Å²) < 4.78 is 12.5. The third kappa shape index (κ3) is 2.49. The lowest BCUT2D eigenvalue weighted by atomic mass is 9.97. The van der Waals surface area contributed by atoms with Crippen LogP contribution in [0.4, 0.5) is 5.95 Å². The molecule has 128 valence electrons. The molecule has 3 aromatic rings. The Balaban J connectivity index is 1.98. The third-order valence-corrected chi connectivity index (χ3v) is 4.48. The number of furan rings is 1. The number of carbonyl (C=O) groups is 1. The minimum atomic E-state index is -0.405. The van der Waals surface area contributed by atoms with Crippen molar-refractivity contribution < 1.29 is 13.9 Å². The number of imidazole rings is 1. The molecule has 6 nitrogen and oxygen atoms in total. The van der Waals surface area contributed by atoms with Gasteiger partial charge in [0.1, 0.15) is 0 Å². The number of rotatable bonds is 3. The highest BCUT2D eigenvalue weighted by Crippen LogP contribution is 2.40. The van der Waals surface area contributed by atoms with Gasteiger partial charge in [-0.25, -0.2) is 9.78 Å². The Labute approximate surface area is 149 Å². The van der Waals surface area contributed by atoms with Crippen molar-refractivity contribution >= 4 is 34.6 Å². The molecule has 0 fully saturated rings. The normalized spacial score (nSPS) is 16.7. The van der Waals surface area contributed by atoms with E-state index in [1.165, 1.54) is 0 Å². The molecule has 4 rings (SSSR count). The molecule has 1 unspecified atom stereocenters. The Morgan fingerprint density at radius 1 is 1.44 bits per heavy atom. The molecule has 0 saturated carbocycles. The lowest BCUT2D eigenvalue weighted by molar-refractivity contribution is -0.139. The van der Waals surface area contributed by atoms with E-state index in [2.05, 4.69) is 10.3 Å². The maximum Gasteiger partial charge on any atom is 0.338 e. The summed E-state index contributed by atoms with van der Waals surface area (Å²) in [5.41, 5.74) is 3.69. The molecule has 0 bridgehead atoms. The lowest BCUT2D eigenvalue weighted by Gasteiger charge is -2.29. The fraction of sp³-hybridized carbons (Fsp3) is 0.222. The van der Waals surface area contributed by atoms with Crippen molar-refractivity contribution in [3.8, 4) is 0 Å². The molecule has 1 aromatic carbocycles. The number of nitrogens with one attached hydrogen (secondary N) is 1. The van der Waals surface area contributed by atoms with Gasteiger partial charge in [0.05, 0.1) is 41.8 Å². The number of benzene rings is 1. The van der Waals surface area contributed by atoms with Crippen molar-refractivity contribution in [2.75, 3.05) is 11.9 Å². The van der Waals surface area contributed by atoms with E-state index < -0.39 is 6.04 Å². The zero-order chi connectivity index (χ0) is 17.6. The van der Waals surface area contributed by atoms with Gasteiger partial charge in [-0.05, 0) is 38.1 Å². The first kappa shape index (κ1) is 15.8. The summed E-state index contributed by atoms with van der Waals surface area (Å²) in [7, 11) is 0. The number of allylic oxidation sites excluding steroid dienone is 1. The predicted octanol–water partition coefficient (Wildman–Crippen LogP) is 4.13. The van der Waals surface area contributed by atoms with Crippen molar-refractivity contribution in [1.82, 2.24) is 9.55 Å². The number of esters is 1. The van der Waals surface area contributed by atoms with Gasteiger partial charge in [0, 0.05) is 16.3 Å². The molecule has 1 aliphatic heterocycles. The van der Waals surface area contributed by atoms with E-state index in [0.717, 1.165) is 16.6 Å². The Hall–Kier alpha value is -2.73. The number of halogens is 1. The summed E-state index contributed by atoms with van der Waals surface area (Å²) in [5.74, 6) is 0.280. The van der Waals surface area contributed by atoms with Crippen molar-refractivity contribution in [3.63, 3.8) is 0 Å². The molecule has 0 saturated heterocycles. The Bertz CT molecular complexity index is 989. The number of ether oxygens (including phenoxy) is 1. The van der Waals surface area contributed by atoms with Crippen molar-refractivity contribution in [2.24, 2.45) is 0 Å². The highest BCUT2D eigenvalue weighted by atomic mass is 35.5. The average Bonchev–Trinajstić information content (AvgIpc) is 3.21. The number of carbonyl (C=O) groups excluding carboxylic acids is 1. The molecule has 0 amide bonds. The number of anilines is 1. The van der Waals surface area contributed by atoms with Crippen LogP contribution in [-0.2, 0) is 9.53 Å². The standard InChI is InChI=1S/C18H16ClN3O3/c1-3-25-17(23)15-10(2)20-18-21-13-5-4-12(19)8-14(13)22(18)16(15)11-6-7-24-9-11/h4-9,16H,3H2,1-2H3,(H,20,21). The van der Waals surface area contributed by atoms with Gasteiger partial charge in [-0.2, -0.15) is 0 Å². The zero-order valence-corrected chi connectivity index (χ0v) is 14.5. The van der Waals surface area contributed by atoms with Crippen LogP contribution in [0.1, 0.15) is 25.5 Å². The molecule has 0 spiro atoms. The maximum atomic E-state index is 12.6. The van der Waals surface area contributed by atoms with Crippen LogP contribution in [-0.4, -0.2) is 22.1 Å². The Kier molecular flexibility index (Phi) is 3.77. The van der Waals surface area contributed by atoms with E-state index in [1.807, 2.05) is 29.7 Å². The number of fused-ring (bicyclic) bond motifs is 3. The first-order valence-corrected chi connectivity index (χ1v) is 8.32. The molecule has 1 atom stereocenters. The van der Waals surface area contributed by atoms with E-state index in [1.54, 1.807) is 25.5 Å². The van der Waals surface area contributed by atoms with E-state index in [-0.39, 0.29) is 5.97 Å². The molecule has 0 aliphatic carbocycles. The molecule has 3 heterocycles. The van der Waals surface area contributed by atoms with Crippen LogP contribution < -0.4 is 5.32 Å². The average molecular weight is 358 g/mol. The monoisotopic (exact) mass is 357 g/mol. The van der Waals surface area contributed by atoms with Gasteiger partial charge in [-0.1, -0.05) is 11.6 Å². The van der Waals surface area contributed by atoms with Crippen LogP contribution in [0.2, 0.25) is 5.02 Å². The second-order valence-corrected chi connectivity index (χ2v) is 6.22. The topological polar surface area (TPSA) is 69.3 Å². The van der Waals surface area contributed by atoms with Crippen LogP contribution in [0.3, 0.4) is 0 Å². The molecular weight excluding hydrogens is 342 g/mol. The van der Waals surface area contributed by atoms with Crippen LogP contribution in [0, 0.1) is 0 Å². The quantitative estimate of drug-likeness (QED) is 0.713. The van der Waals surface area contributed by atoms with Crippen LogP contribution in [0.5, 0.6) is 0 Å². The minimum Gasteiger partial charge on any atom is -0.472 e. The van der Waals surface area contributed by atoms with E-state index in [4.69, 9.17) is 20.8 Å². The summed E-state index contributed by atoms with van der Waals surface area (Å²) in [6.07, 6.45) is 3.21. The number of hydrogen-bond donors (Lipinski definition) is 1. The summed E-state index contributed by atoms with van der Waals surface area (Å²) >= 11 is 6.18. The van der Waals surface area contributed by atoms with Crippen LogP contribution in [0.25, 0.3) is 11.0 Å². The van der Waals surface area contributed by atoms with Gasteiger partial charge >= 0.3 is 5.97 Å². The molecule has 1 N–H and O–H groups in total. The van der Waals surface area contributed by atoms with Crippen LogP contribution in [0.15, 0.2) is 52.5 Å². The van der Waals surface area contributed by atoms with Gasteiger partial charge in [-0.3, -0.25) is 4.57 Å². The maximum absolute atomic E-state index is 12.6. The van der Waals surface area contributed by atoms with Gasteiger partial charge < -0.3 is 14.5 Å². The molecule has 2 aromatic heterocycles. The summed E-state index contributed by atoms with van der Waals surface area (Å²) in [6, 6.07) is 6.92. The Morgan fingerprint density at radius 2 is 2.28 bits per heavy atom. The first-order chi connectivity index (χ1) is 12.1. The summed E-state index contributed by atoms with van der Waals surface area (Å²) in [5, 5.41) is 3.81. The smallest absolute Gasteiger partial charge is 0.338 e.